The van der Waals surface area contributed by atoms with Crippen LogP contribution in [0.1, 0.15) is 33.6 Å². The molecule has 0 saturated carbocycles. The second-order valence-corrected chi connectivity index (χ2v) is 9.04. The van der Waals surface area contributed by atoms with Crippen LogP contribution in [0.3, 0.4) is 0 Å². The Kier molecular flexibility index (Phi) is 5.12. The van der Waals surface area contributed by atoms with Gasteiger partial charge in [-0.15, -0.1) is 0 Å². The van der Waals surface area contributed by atoms with Gasteiger partial charge in [0.1, 0.15) is 11.4 Å². The molecule has 3 saturated heterocycles. The summed E-state index contributed by atoms with van der Waals surface area (Å²) in [5.74, 6) is -0.197. The fraction of sp³-hybridized carbons (Fsp3) is 0.667. The fourth-order valence-corrected chi connectivity index (χ4v) is 4.56. The molecule has 0 radical (unpaired) electrons. The summed E-state index contributed by atoms with van der Waals surface area (Å²) in [5.41, 5.74) is 1.25. The van der Waals surface area contributed by atoms with Crippen LogP contribution in [-0.2, 0) is 4.74 Å². The number of piperazine rings is 2. The summed E-state index contributed by atoms with van der Waals surface area (Å²) in [6, 6.07) is 6.50. The zero-order chi connectivity index (χ0) is 19.9. The van der Waals surface area contributed by atoms with E-state index in [-0.39, 0.29) is 11.9 Å². The second-order valence-electron chi connectivity index (χ2n) is 9.04. The van der Waals surface area contributed by atoms with Crippen molar-refractivity contribution in [3.05, 3.63) is 24.0 Å². The van der Waals surface area contributed by atoms with Gasteiger partial charge in [-0.25, -0.2) is 9.18 Å². The van der Waals surface area contributed by atoms with Gasteiger partial charge in [-0.3, -0.25) is 0 Å². The lowest BCUT2D eigenvalue weighted by Gasteiger charge is -2.39. The van der Waals surface area contributed by atoms with E-state index < -0.39 is 5.60 Å². The Morgan fingerprint density at radius 3 is 2.36 bits per heavy atom. The molecule has 3 aliphatic heterocycles. The van der Waals surface area contributed by atoms with Gasteiger partial charge in [-0.05, 0) is 51.8 Å². The average Bonchev–Trinajstić information content (AvgIpc) is 2.89. The monoisotopic (exact) mass is 390 g/mol. The number of carbonyl (C=O) groups is 1. The predicted octanol–water partition coefficient (Wildman–Crippen LogP) is 2.82. The number of ether oxygens (including phenoxy) is 1. The van der Waals surface area contributed by atoms with E-state index in [2.05, 4.69) is 10.2 Å². The average molecular weight is 391 g/mol. The van der Waals surface area contributed by atoms with Crippen molar-refractivity contribution in [1.29, 1.82) is 0 Å². The molecule has 1 amide bonds. The van der Waals surface area contributed by atoms with Crippen LogP contribution in [0.15, 0.2) is 18.2 Å². The third-order valence-corrected chi connectivity index (χ3v) is 5.88. The standard InChI is InChI=1S/C21H31FN4O2/c1-21(2,3)28-20(27)25-10-8-24(9-11-25)19-12-15(6-7-18(19)22)26-16-4-5-17(26)14-23-13-16/h6-7,12,16-17,23H,4-5,8-11,13-14H2,1-3H3. The number of rotatable bonds is 2. The molecular weight excluding hydrogens is 359 g/mol. The largest absolute Gasteiger partial charge is 0.444 e. The minimum absolute atomic E-state index is 0.197. The van der Waals surface area contributed by atoms with Crippen LogP contribution in [0.4, 0.5) is 20.6 Å². The summed E-state index contributed by atoms with van der Waals surface area (Å²) < 4.78 is 20.1. The third-order valence-electron chi connectivity index (χ3n) is 5.88. The lowest BCUT2D eigenvalue weighted by Crippen LogP contribution is -2.52. The molecule has 7 heteroatoms. The number of hydrogen-bond donors (Lipinski definition) is 1. The van der Waals surface area contributed by atoms with E-state index in [0.29, 0.717) is 44.0 Å². The molecule has 0 aliphatic carbocycles. The quantitative estimate of drug-likeness (QED) is 0.842. The number of halogens is 1. The van der Waals surface area contributed by atoms with Crippen molar-refractivity contribution in [2.45, 2.75) is 51.3 Å². The Hall–Kier alpha value is -2.02. The molecular formula is C21H31FN4O2. The number of nitrogens with one attached hydrogen (secondary N) is 1. The molecule has 1 aromatic carbocycles. The summed E-state index contributed by atoms with van der Waals surface area (Å²) in [7, 11) is 0. The number of benzene rings is 1. The Morgan fingerprint density at radius 1 is 1.11 bits per heavy atom. The first kappa shape index (κ1) is 19.3. The lowest BCUT2D eigenvalue weighted by atomic mass is 10.1. The first-order chi connectivity index (χ1) is 13.3. The maximum Gasteiger partial charge on any atom is 0.410 e. The summed E-state index contributed by atoms with van der Waals surface area (Å²) >= 11 is 0. The zero-order valence-corrected chi connectivity index (χ0v) is 17.1. The van der Waals surface area contributed by atoms with Crippen molar-refractivity contribution < 1.29 is 13.9 Å². The second kappa shape index (κ2) is 7.43. The number of nitrogens with zero attached hydrogens (tertiary/aromatic N) is 3. The molecule has 2 bridgehead atoms. The van der Waals surface area contributed by atoms with Crippen LogP contribution in [0.2, 0.25) is 0 Å². The Morgan fingerprint density at radius 2 is 1.75 bits per heavy atom. The van der Waals surface area contributed by atoms with Crippen LogP contribution in [0.25, 0.3) is 0 Å². The normalized spacial score (nSPS) is 25.2. The number of fused-ring (bicyclic) bond motifs is 2. The molecule has 28 heavy (non-hydrogen) atoms. The molecule has 2 unspecified atom stereocenters. The van der Waals surface area contributed by atoms with E-state index >= 15 is 0 Å². The van der Waals surface area contributed by atoms with Gasteiger partial charge in [0.25, 0.3) is 0 Å². The fourth-order valence-electron chi connectivity index (χ4n) is 4.56. The zero-order valence-electron chi connectivity index (χ0n) is 17.1. The van der Waals surface area contributed by atoms with Crippen molar-refractivity contribution in [2.75, 3.05) is 49.1 Å². The molecule has 154 valence electrons. The van der Waals surface area contributed by atoms with Gasteiger partial charge < -0.3 is 24.8 Å². The Labute approximate surface area is 166 Å². The van der Waals surface area contributed by atoms with Gasteiger partial charge in [0, 0.05) is 57.0 Å². The number of carbonyl (C=O) groups excluding carboxylic acids is 1. The smallest absolute Gasteiger partial charge is 0.410 e. The predicted molar refractivity (Wildman–Crippen MR) is 109 cm³/mol. The van der Waals surface area contributed by atoms with E-state index in [1.54, 1.807) is 11.0 Å². The number of anilines is 2. The molecule has 4 rings (SSSR count). The SMILES string of the molecule is CC(C)(C)OC(=O)N1CCN(c2cc(N3C4CCC3CNC4)ccc2F)CC1. The van der Waals surface area contributed by atoms with Gasteiger partial charge in [0.2, 0.25) is 0 Å². The first-order valence-corrected chi connectivity index (χ1v) is 10.3. The molecule has 3 heterocycles. The molecule has 3 aliphatic rings. The topological polar surface area (TPSA) is 48.1 Å². The Balaban J connectivity index is 1.45. The molecule has 2 atom stereocenters. The molecule has 6 nitrogen and oxygen atoms in total. The van der Waals surface area contributed by atoms with E-state index in [4.69, 9.17) is 4.74 Å². The van der Waals surface area contributed by atoms with Crippen molar-refractivity contribution in [3.8, 4) is 0 Å². The number of hydrogen-bond acceptors (Lipinski definition) is 5. The summed E-state index contributed by atoms with van der Waals surface area (Å²) in [5, 5.41) is 3.49. The van der Waals surface area contributed by atoms with Crippen LogP contribution in [-0.4, -0.2) is 67.9 Å². The van der Waals surface area contributed by atoms with Crippen LogP contribution in [0, 0.1) is 5.82 Å². The summed E-state index contributed by atoms with van der Waals surface area (Å²) in [6.07, 6.45) is 2.09. The van der Waals surface area contributed by atoms with Gasteiger partial charge >= 0.3 is 6.09 Å². The van der Waals surface area contributed by atoms with E-state index in [9.17, 15) is 9.18 Å². The highest BCUT2D eigenvalue weighted by molar-refractivity contribution is 5.69. The third kappa shape index (κ3) is 3.90. The van der Waals surface area contributed by atoms with Crippen LogP contribution < -0.4 is 15.1 Å². The van der Waals surface area contributed by atoms with Crippen molar-refractivity contribution in [3.63, 3.8) is 0 Å². The van der Waals surface area contributed by atoms with Crippen molar-refractivity contribution in [1.82, 2.24) is 10.2 Å². The van der Waals surface area contributed by atoms with E-state index in [1.807, 2.05) is 37.8 Å². The molecule has 1 N–H and O–H groups in total. The highest BCUT2D eigenvalue weighted by atomic mass is 19.1. The molecule has 3 fully saturated rings. The van der Waals surface area contributed by atoms with Gasteiger partial charge in [-0.1, -0.05) is 0 Å². The van der Waals surface area contributed by atoms with Gasteiger partial charge in [-0.2, -0.15) is 0 Å². The van der Waals surface area contributed by atoms with Crippen molar-refractivity contribution >= 4 is 17.5 Å². The molecule has 0 aromatic heterocycles. The maximum absolute atomic E-state index is 14.6. The molecule has 1 aromatic rings. The minimum Gasteiger partial charge on any atom is -0.444 e. The highest BCUT2D eigenvalue weighted by Crippen LogP contribution is 2.35. The van der Waals surface area contributed by atoms with E-state index in [1.165, 1.54) is 12.8 Å². The van der Waals surface area contributed by atoms with Crippen molar-refractivity contribution in [2.24, 2.45) is 0 Å². The van der Waals surface area contributed by atoms with Crippen LogP contribution >= 0.6 is 0 Å². The highest BCUT2D eigenvalue weighted by Gasteiger charge is 2.37. The lowest BCUT2D eigenvalue weighted by molar-refractivity contribution is 0.0240. The molecule has 0 spiro atoms. The Bertz CT molecular complexity index is 712. The number of amides is 1. The van der Waals surface area contributed by atoms with E-state index in [0.717, 1.165) is 18.8 Å². The first-order valence-electron chi connectivity index (χ1n) is 10.3. The summed E-state index contributed by atoms with van der Waals surface area (Å²) in [4.78, 5) is 18.5. The van der Waals surface area contributed by atoms with Gasteiger partial charge in [0.15, 0.2) is 0 Å². The maximum atomic E-state index is 14.6. The van der Waals surface area contributed by atoms with Crippen LogP contribution in [0.5, 0.6) is 0 Å². The van der Waals surface area contributed by atoms with Gasteiger partial charge in [0.05, 0.1) is 5.69 Å². The minimum atomic E-state index is -0.503. The summed E-state index contributed by atoms with van der Waals surface area (Å²) in [6.45, 7) is 9.88.